The normalized spacial score (nSPS) is 10.7. The molecule has 176 valence electrons. The van der Waals surface area contributed by atoms with Crippen LogP contribution in [0.15, 0.2) is 65.8 Å². The molecule has 3 aromatic carbocycles. The first-order chi connectivity index (χ1) is 16.4. The highest BCUT2D eigenvalue weighted by atomic mass is 35.5. The lowest BCUT2D eigenvalue weighted by molar-refractivity contribution is -0.136. The van der Waals surface area contributed by atoms with E-state index in [9.17, 15) is 14.0 Å². The summed E-state index contributed by atoms with van der Waals surface area (Å²) in [5.41, 5.74) is 3.20. The standard InChI is InChI=1S/C24H20Cl2FN3O4/c1-2-33-22-12-15(10-11-21(22)34-14-16-17(25)6-5-7-18(16)26)13-28-30-24(32)23(31)29-20-9-4-3-8-19(20)27/h3-13H,2,14H2,1H3,(H,29,31)(H,30,32)/b28-13+. The zero-order valence-electron chi connectivity index (χ0n) is 18.0. The second kappa shape index (κ2) is 12.0. The number of rotatable bonds is 8. The molecule has 0 unspecified atom stereocenters. The van der Waals surface area contributed by atoms with Crippen LogP contribution in [0.2, 0.25) is 10.0 Å². The first-order valence-corrected chi connectivity index (χ1v) is 10.9. The van der Waals surface area contributed by atoms with Gasteiger partial charge < -0.3 is 14.8 Å². The SMILES string of the molecule is CCOc1cc(/C=N/NC(=O)C(=O)Nc2ccccc2F)ccc1OCc1c(Cl)cccc1Cl. The van der Waals surface area contributed by atoms with Gasteiger partial charge in [-0.3, -0.25) is 9.59 Å². The van der Waals surface area contributed by atoms with Crippen LogP contribution in [0.25, 0.3) is 0 Å². The summed E-state index contributed by atoms with van der Waals surface area (Å²) in [6.07, 6.45) is 1.32. The molecule has 0 radical (unpaired) electrons. The highest BCUT2D eigenvalue weighted by molar-refractivity contribution is 6.39. The maximum atomic E-state index is 13.6. The van der Waals surface area contributed by atoms with Gasteiger partial charge in [0.15, 0.2) is 11.5 Å². The van der Waals surface area contributed by atoms with Crippen molar-refractivity contribution in [3.63, 3.8) is 0 Å². The van der Waals surface area contributed by atoms with Crippen LogP contribution >= 0.6 is 23.2 Å². The fraction of sp³-hybridized carbons (Fsp3) is 0.125. The number of carbonyl (C=O) groups is 2. The lowest BCUT2D eigenvalue weighted by Gasteiger charge is -2.14. The average Bonchev–Trinajstić information content (AvgIpc) is 2.81. The zero-order valence-corrected chi connectivity index (χ0v) is 19.5. The molecule has 0 spiro atoms. The first-order valence-electron chi connectivity index (χ1n) is 10.1. The number of nitrogens with one attached hydrogen (secondary N) is 2. The number of para-hydroxylation sites is 1. The molecule has 7 nitrogen and oxygen atoms in total. The molecule has 0 fully saturated rings. The van der Waals surface area contributed by atoms with E-state index in [4.69, 9.17) is 32.7 Å². The van der Waals surface area contributed by atoms with E-state index in [-0.39, 0.29) is 12.3 Å². The van der Waals surface area contributed by atoms with Crippen LogP contribution in [-0.2, 0) is 16.2 Å². The van der Waals surface area contributed by atoms with E-state index >= 15 is 0 Å². The Kier molecular flexibility index (Phi) is 8.84. The number of benzene rings is 3. The molecule has 3 aromatic rings. The Hall–Kier alpha value is -3.62. The molecule has 0 aliphatic heterocycles. The van der Waals surface area contributed by atoms with Crippen LogP contribution in [0.3, 0.4) is 0 Å². The van der Waals surface area contributed by atoms with E-state index in [1.165, 1.54) is 24.4 Å². The average molecular weight is 504 g/mol. The van der Waals surface area contributed by atoms with Crippen LogP contribution in [-0.4, -0.2) is 24.6 Å². The van der Waals surface area contributed by atoms with Crippen molar-refractivity contribution in [2.75, 3.05) is 11.9 Å². The summed E-state index contributed by atoms with van der Waals surface area (Å²) >= 11 is 12.4. The topological polar surface area (TPSA) is 89.0 Å². The number of hydrogen-bond donors (Lipinski definition) is 2. The second-order valence-corrected chi connectivity index (χ2v) is 7.58. The molecule has 2 N–H and O–H groups in total. The second-order valence-electron chi connectivity index (χ2n) is 6.76. The van der Waals surface area contributed by atoms with Gasteiger partial charge in [-0.25, -0.2) is 9.82 Å². The van der Waals surface area contributed by atoms with Crippen molar-refractivity contribution in [2.24, 2.45) is 5.10 Å². The third-order valence-corrected chi connectivity index (χ3v) is 5.12. The Balaban J connectivity index is 1.63. The first kappa shape index (κ1) is 25.0. The summed E-state index contributed by atoms with van der Waals surface area (Å²) in [7, 11) is 0. The van der Waals surface area contributed by atoms with Gasteiger partial charge in [0, 0.05) is 15.6 Å². The summed E-state index contributed by atoms with van der Waals surface area (Å²) in [6.45, 7) is 2.35. The Labute approximate surface area is 205 Å². The molecule has 0 aliphatic carbocycles. The molecular weight excluding hydrogens is 484 g/mol. The predicted molar refractivity (Wildman–Crippen MR) is 129 cm³/mol. The predicted octanol–water partition coefficient (Wildman–Crippen LogP) is 5.20. The van der Waals surface area contributed by atoms with Gasteiger partial charge in [0.05, 0.1) is 18.5 Å². The van der Waals surface area contributed by atoms with Gasteiger partial charge in [0.2, 0.25) is 0 Å². The zero-order chi connectivity index (χ0) is 24.5. The molecular formula is C24H20Cl2FN3O4. The van der Waals surface area contributed by atoms with Crippen LogP contribution in [0.4, 0.5) is 10.1 Å². The number of ether oxygens (including phenoxy) is 2. The molecule has 0 saturated carbocycles. The van der Waals surface area contributed by atoms with Crippen LogP contribution in [0.5, 0.6) is 11.5 Å². The van der Waals surface area contributed by atoms with E-state index in [0.29, 0.717) is 39.3 Å². The third kappa shape index (κ3) is 6.69. The maximum absolute atomic E-state index is 13.6. The van der Waals surface area contributed by atoms with Crippen molar-refractivity contribution < 1.29 is 23.5 Å². The lowest BCUT2D eigenvalue weighted by atomic mass is 10.2. The smallest absolute Gasteiger partial charge is 0.329 e. The van der Waals surface area contributed by atoms with Gasteiger partial charge in [-0.05, 0) is 55.0 Å². The number of hydrazone groups is 1. The van der Waals surface area contributed by atoms with Crippen molar-refractivity contribution in [3.05, 3.63) is 87.7 Å². The molecule has 0 aliphatic rings. The molecule has 0 atom stereocenters. The highest BCUT2D eigenvalue weighted by Gasteiger charge is 2.15. The van der Waals surface area contributed by atoms with Gasteiger partial charge >= 0.3 is 11.8 Å². The summed E-state index contributed by atoms with van der Waals surface area (Å²) in [4.78, 5) is 23.8. The van der Waals surface area contributed by atoms with E-state index in [2.05, 4.69) is 15.8 Å². The number of amides is 2. The fourth-order valence-corrected chi connectivity index (χ4v) is 3.28. The number of hydrogen-bond acceptors (Lipinski definition) is 5. The van der Waals surface area contributed by atoms with Gasteiger partial charge in [0.1, 0.15) is 12.4 Å². The number of nitrogens with zero attached hydrogens (tertiary/aromatic N) is 1. The van der Waals surface area contributed by atoms with Gasteiger partial charge in [-0.15, -0.1) is 0 Å². The minimum absolute atomic E-state index is 0.110. The Morgan fingerprint density at radius 3 is 2.41 bits per heavy atom. The maximum Gasteiger partial charge on any atom is 0.329 e. The Morgan fingerprint density at radius 2 is 1.71 bits per heavy atom. The number of carbonyl (C=O) groups excluding carboxylic acids is 2. The minimum atomic E-state index is -1.06. The quantitative estimate of drug-likeness (QED) is 0.251. The molecule has 34 heavy (non-hydrogen) atoms. The molecule has 3 rings (SSSR count). The molecule has 2 amide bonds. The monoisotopic (exact) mass is 503 g/mol. The van der Waals surface area contributed by atoms with Crippen molar-refractivity contribution in [3.8, 4) is 11.5 Å². The number of halogens is 3. The van der Waals surface area contributed by atoms with Gasteiger partial charge in [0.25, 0.3) is 0 Å². The van der Waals surface area contributed by atoms with Crippen LogP contribution in [0, 0.1) is 5.82 Å². The molecule has 0 aromatic heterocycles. The fourth-order valence-electron chi connectivity index (χ4n) is 2.77. The summed E-state index contributed by atoms with van der Waals surface area (Å²) in [5, 5.41) is 6.92. The number of anilines is 1. The molecule has 0 bridgehead atoms. The Bertz CT molecular complexity index is 1200. The van der Waals surface area contributed by atoms with Crippen molar-refractivity contribution in [1.82, 2.24) is 5.43 Å². The van der Waals surface area contributed by atoms with Crippen molar-refractivity contribution in [1.29, 1.82) is 0 Å². The molecule has 0 heterocycles. The van der Waals surface area contributed by atoms with Crippen LogP contribution < -0.4 is 20.2 Å². The minimum Gasteiger partial charge on any atom is -0.490 e. The molecule has 0 saturated heterocycles. The summed E-state index contributed by atoms with van der Waals surface area (Å²) in [5.74, 6) is -1.86. The van der Waals surface area contributed by atoms with Crippen molar-refractivity contribution in [2.45, 2.75) is 13.5 Å². The van der Waals surface area contributed by atoms with Gasteiger partial charge in [-0.2, -0.15) is 5.10 Å². The highest BCUT2D eigenvalue weighted by Crippen LogP contribution is 2.31. The van der Waals surface area contributed by atoms with Crippen LogP contribution in [0.1, 0.15) is 18.1 Å². The van der Waals surface area contributed by atoms with E-state index in [1.54, 1.807) is 36.4 Å². The lowest BCUT2D eigenvalue weighted by Crippen LogP contribution is -2.32. The molecule has 10 heteroatoms. The van der Waals surface area contributed by atoms with E-state index in [0.717, 1.165) is 6.07 Å². The van der Waals surface area contributed by atoms with Crippen molar-refractivity contribution >= 4 is 46.9 Å². The summed E-state index contributed by atoms with van der Waals surface area (Å²) < 4.78 is 25.1. The van der Waals surface area contributed by atoms with Gasteiger partial charge in [-0.1, -0.05) is 41.4 Å². The van der Waals surface area contributed by atoms with E-state index in [1.807, 2.05) is 6.92 Å². The Morgan fingerprint density at radius 1 is 0.971 bits per heavy atom. The third-order valence-electron chi connectivity index (χ3n) is 4.41. The van der Waals surface area contributed by atoms with E-state index < -0.39 is 17.6 Å². The largest absolute Gasteiger partial charge is 0.490 e. The summed E-state index contributed by atoms with van der Waals surface area (Å²) in [6, 6.07) is 15.7.